The van der Waals surface area contributed by atoms with Crippen molar-refractivity contribution in [2.45, 2.75) is 37.9 Å². The molecule has 7 heteroatoms. The van der Waals surface area contributed by atoms with Crippen LogP contribution in [0.25, 0.3) is 0 Å². The predicted molar refractivity (Wildman–Crippen MR) is 115 cm³/mol. The van der Waals surface area contributed by atoms with Crippen LogP contribution in [0.3, 0.4) is 0 Å². The summed E-state index contributed by atoms with van der Waals surface area (Å²) in [6.07, 6.45) is 0. The molecule has 6 nitrogen and oxygen atoms in total. The predicted octanol–water partition coefficient (Wildman–Crippen LogP) is 2.88. The second-order valence-corrected chi connectivity index (χ2v) is 9.41. The lowest BCUT2D eigenvalue weighted by molar-refractivity contribution is 0.0950. The van der Waals surface area contributed by atoms with Crippen molar-refractivity contribution in [1.29, 1.82) is 0 Å². The molecule has 2 rings (SSSR count). The third-order valence-corrected chi connectivity index (χ3v) is 6.59. The van der Waals surface area contributed by atoms with Crippen molar-refractivity contribution in [2.75, 3.05) is 26.5 Å². The second kappa shape index (κ2) is 10.5. The maximum Gasteiger partial charge on any atom is 0.251 e. The molecule has 0 aliphatic heterocycles. The Labute approximate surface area is 173 Å². The van der Waals surface area contributed by atoms with Gasteiger partial charge in [0.2, 0.25) is 0 Å². The molecule has 0 aliphatic carbocycles. The van der Waals surface area contributed by atoms with Crippen LogP contribution in [0.15, 0.2) is 53.4 Å². The van der Waals surface area contributed by atoms with E-state index in [9.17, 15) is 13.2 Å². The fourth-order valence-corrected chi connectivity index (χ4v) is 3.91. The number of methoxy groups -OCH3 is 1. The number of nitrogens with one attached hydrogen (secondary N) is 1. The Hall–Kier alpha value is -2.22. The topological polar surface area (TPSA) is 75.7 Å². The molecular weight excluding hydrogens is 388 g/mol. The average molecular weight is 419 g/mol. The molecule has 0 saturated heterocycles. The standard InChI is InChI=1S/C22H30N2O4S/c1-17(2)24(3)16-20-8-6-5-7-19(20)15-23-22(25)18-9-11-21(12-10-18)29(26,27)14-13-28-4/h5-12,17H,13-16H2,1-4H3,(H,23,25). The number of benzene rings is 2. The van der Waals surface area contributed by atoms with E-state index >= 15 is 0 Å². The van der Waals surface area contributed by atoms with Crippen molar-refractivity contribution in [3.63, 3.8) is 0 Å². The van der Waals surface area contributed by atoms with E-state index in [2.05, 4.69) is 37.2 Å². The Morgan fingerprint density at radius 3 is 2.28 bits per heavy atom. The Bertz CT molecular complexity index is 909. The smallest absolute Gasteiger partial charge is 0.251 e. The van der Waals surface area contributed by atoms with Gasteiger partial charge in [-0.15, -0.1) is 0 Å². The fourth-order valence-electron chi connectivity index (χ4n) is 2.74. The van der Waals surface area contributed by atoms with E-state index in [0.29, 0.717) is 18.2 Å². The molecule has 0 atom stereocenters. The minimum absolute atomic E-state index is 0.0867. The first-order chi connectivity index (χ1) is 13.7. The maximum absolute atomic E-state index is 12.5. The van der Waals surface area contributed by atoms with E-state index in [-0.39, 0.29) is 23.2 Å². The lowest BCUT2D eigenvalue weighted by Crippen LogP contribution is -2.27. The first kappa shape index (κ1) is 23.1. The van der Waals surface area contributed by atoms with Crippen LogP contribution in [0, 0.1) is 0 Å². The highest BCUT2D eigenvalue weighted by Gasteiger charge is 2.15. The fraction of sp³-hybridized carbons (Fsp3) is 0.409. The molecule has 0 radical (unpaired) electrons. The summed E-state index contributed by atoms with van der Waals surface area (Å²) < 4.78 is 29.2. The van der Waals surface area contributed by atoms with Gasteiger partial charge in [-0.05, 0) is 56.3 Å². The van der Waals surface area contributed by atoms with E-state index in [0.717, 1.165) is 12.1 Å². The zero-order valence-corrected chi connectivity index (χ0v) is 18.3. The minimum atomic E-state index is -3.41. The Morgan fingerprint density at radius 1 is 1.07 bits per heavy atom. The number of amides is 1. The molecule has 1 N–H and O–H groups in total. The van der Waals surface area contributed by atoms with Crippen molar-refractivity contribution in [2.24, 2.45) is 0 Å². The van der Waals surface area contributed by atoms with Gasteiger partial charge in [0.1, 0.15) is 0 Å². The summed E-state index contributed by atoms with van der Waals surface area (Å²) >= 11 is 0. The highest BCUT2D eigenvalue weighted by atomic mass is 32.2. The van der Waals surface area contributed by atoms with Gasteiger partial charge >= 0.3 is 0 Å². The van der Waals surface area contributed by atoms with Crippen LogP contribution in [0.4, 0.5) is 0 Å². The zero-order chi connectivity index (χ0) is 21.4. The third kappa shape index (κ3) is 6.66. The molecule has 0 unspecified atom stereocenters. The first-order valence-corrected chi connectivity index (χ1v) is 11.3. The average Bonchev–Trinajstić information content (AvgIpc) is 2.71. The largest absolute Gasteiger partial charge is 0.384 e. The van der Waals surface area contributed by atoms with Crippen molar-refractivity contribution in [1.82, 2.24) is 10.2 Å². The Kier molecular flexibility index (Phi) is 8.37. The highest BCUT2D eigenvalue weighted by molar-refractivity contribution is 7.91. The molecule has 158 valence electrons. The number of hydrogen-bond acceptors (Lipinski definition) is 5. The third-order valence-electron chi connectivity index (χ3n) is 4.89. The number of hydrogen-bond donors (Lipinski definition) is 1. The van der Waals surface area contributed by atoms with Crippen LogP contribution in [0.1, 0.15) is 35.3 Å². The quantitative estimate of drug-likeness (QED) is 0.642. The van der Waals surface area contributed by atoms with Crippen molar-refractivity contribution >= 4 is 15.7 Å². The number of carbonyl (C=O) groups excluding carboxylic acids is 1. The summed E-state index contributed by atoms with van der Waals surface area (Å²) in [5.41, 5.74) is 2.66. The first-order valence-electron chi connectivity index (χ1n) is 9.61. The maximum atomic E-state index is 12.5. The summed E-state index contributed by atoms with van der Waals surface area (Å²) in [4.78, 5) is 14.9. The van der Waals surface area contributed by atoms with Gasteiger partial charge in [-0.1, -0.05) is 24.3 Å². The van der Waals surface area contributed by atoms with Gasteiger partial charge in [0.05, 0.1) is 17.3 Å². The summed E-state index contributed by atoms with van der Waals surface area (Å²) in [6.45, 7) is 5.63. The molecule has 0 saturated carbocycles. The van der Waals surface area contributed by atoms with Crippen LogP contribution in [-0.2, 0) is 27.7 Å². The Balaban J connectivity index is 2.03. The zero-order valence-electron chi connectivity index (χ0n) is 17.5. The summed E-state index contributed by atoms with van der Waals surface area (Å²) in [6, 6.07) is 14.5. The molecule has 0 fully saturated rings. The molecule has 29 heavy (non-hydrogen) atoms. The number of ether oxygens (including phenoxy) is 1. The lowest BCUT2D eigenvalue weighted by Gasteiger charge is -2.22. The summed E-state index contributed by atoms with van der Waals surface area (Å²) in [5.74, 6) is -0.325. The van der Waals surface area contributed by atoms with E-state index in [1.165, 1.54) is 36.9 Å². The normalized spacial score (nSPS) is 11.8. The number of nitrogens with zero attached hydrogens (tertiary/aromatic N) is 1. The van der Waals surface area contributed by atoms with Crippen LogP contribution >= 0.6 is 0 Å². The lowest BCUT2D eigenvalue weighted by atomic mass is 10.1. The van der Waals surface area contributed by atoms with Gasteiger partial charge in [0, 0.05) is 31.8 Å². The second-order valence-electron chi connectivity index (χ2n) is 7.30. The summed E-state index contributed by atoms with van der Waals surface area (Å²) in [7, 11) is 0.126. The van der Waals surface area contributed by atoms with Crippen molar-refractivity contribution in [3.05, 3.63) is 65.2 Å². The summed E-state index contributed by atoms with van der Waals surface area (Å²) in [5, 5.41) is 2.92. The van der Waals surface area contributed by atoms with Crippen molar-refractivity contribution in [3.8, 4) is 0 Å². The van der Waals surface area contributed by atoms with Gasteiger partial charge in [0.15, 0.2) is 9.84 Å². The van der Waals surface area contributed by atoms with Crippen LogP contribution < -0.4 is 5.32 Å². The molecular formula is C22H30N2O4S. The van der Waals surface area contributed by atoms with E-state index in [1.54, 1.807) is 0 Å². The van der Waals surface area contributed by atoms with E-state index in [4.69, 9.17) is 4.74 Å². The molecule has 0 aliphatic rings. The van der Waals surface area contributed by atoms with Gasteiger partial charge in [-0.2, -0.15) is 0 Å². The van der Waals surface area contributed by atoms with Crippen LogP contribution in [-0.4, -0.2) is 51.8 Å². The number of carbonyl (C=O) groups is 1. The van der Waals surface area contributed by atoms with Crippen molar-refractivity contribution < 1.29 is 17.9 Å². The van der Waals surface area contributed by atoms with Crippen LogP contribution in [0.2, 0.25) is 0 Å². The monoisotopic (exact) mass is 418 g/mol. The molecule has 1 amide bonds. The van der Waals surface area contributed by atoms with Gasteiger partial charge in [0.25, 0.3) is 5.91 Å². The Morgan fingerprint density at radius 2 is 1.69 bits per heavy atom. The molecule has 2 aromatic carbocycles. The van der Waals surface area contributed by atoms with E-state index < -0.39 is 9.84 Å². The molecule has 0 heterocycles. The molecule has 0 bridgehead atoms. The van der Waals surface area contributed by atoms with Gasteiger partial charge in [-0.3, -0.25) is 9.69 Å². The molecule has 0 aromatic heterocycles. The number of sulfone groups is 1. The molecule has 0 spiro atoms. The number of rotatable bonds is 10. The van der Waals surface area contributed by atoms with Gasteiger partial charge < -0.3 is 10.1 Å². The molecule has 2 aromatic rings. The van der Waals surface area contributed by atoms with Gasteiger partial charge in [-0.25, -0.2) is 8.42 Å². The van der Waals surface area contributed by atoms with E-state index in [1.807, 2.05) is 18.2 Å². The SMILES string of the molecule is COCCS(=O)(=O)c1ccc(C(=O)NCc2ccccc2CN(C)C(C)C)cc1. The highest BCUT2D eigenvalue weighted by Crippen LogP contribution is 2.15. The van der Waals surface area contributed by atoms with Crippen LogP contribution in [0.5, 0.6) is 0 Å². The minimum Gasteiger partial charge on any atom is -0.384 e.